The van der Waals surface area contributed by atoms with Gasteiger partial charge in [-0.2, -0.15) is 4.98 Å². The number of hydrogen-bond acceptors (Lipinski definition) is 3. The quantitative estimate of drug-likeness (QED) is 0.668. The van der Waals surface area contributed by atoms with Crippen molar-refractivity contribution in [2.45, 2.75) is 34.6 Å². The Morgan fingerprint density at radius 2 is 1.86 bits per heavy atom. The monoisotopic (exact) mass is 196 g/mol. The van der Waals surface area contributed by atoms with E-state index in [0.717, 1.165) is 5.57 Å². The molecular formula is C11H20N2O. The number of hydrogen-bond donors (Lipinski definition) is 0. The SMILES string of the molecule is C=Nc1ncoc1C(=C)C.CC.CC. The number of aliphatic imine (C=N–C) groups is 1. The van der Waals surface area contributed by atoms with Crippen LogP contribution >= 0.6 is 0 Å². The van der Waals surface area contributed by atoms with Crippen LogP contribution in [-0.4, -0.2) is 11.7 Å². The molecule has 0 atom stereocenters. The van der Waals surface area contributed by atoms with E-state index in [0.29, 0.717) is 11.6 Å². The minimum absolute atomic E-state index is 0.507. The maximum Gasteiger partial charge on any atom is 0.198 e. The first-order valence-electron chi connectivity index (χ1n) is 4.82. The number of oxazole rings is 1. The number of rotatable bonds is 2. The molecule has 0 aromatic carbocycles. The Morgan fingerprint density at radius 3 is 2.14 bits per heavy atom. The summed E-state index contributed by atoms with van der Waals surface area (Å²) in [6.45, 7) is 16.8. The zero-order valence-corrected chi connectivity index (χ0v) is 9.79. The van der Waals surface area contributed by atoms with Gasteiger partial charge in [0.15, 0.2) is 18.0 Å². The van der Waals surface area contributed by atoms with Crippen LogP contribution in [0.2, 0.25) is 0 Å². The number of aromatic nitrogens is 1. The maximum absolute atomic E-state index is 4.97. The fourth-order valence-corrected chi connectivity index (χ4v) is 0.644. The van der Waals surface area contributed by atoms with Gasteiger partial charge in [-0.25, -0.2) is 4.99 Å². The number of allylic oxidation sites excluding steroid dienone is 1. The minimum Gasteiger partial charge on any atom is -0.441 e. The van der Waals surface area contributed by atoms with Gasteiger partial charge in [-0.1, -0.05) is 34.3 Å². The van der Waals surface area contributed by atoms with Crippen LogP contribution in [0.4, 0.5) is 5.82 Å². The predicted octanol–water partition coefficient (Wildman–Crippen LogP) is 4.09. The Kier molecular flexibility index (Phi) is 10.5. The molecule has 1 aromatic heterocycles. The van der Waals surface area contributed by atoms with Crippen LogP contribution < -0.4 is 0 Å². The van der Waals surface area contributed by atoms with Crippen molar-refractivity contribution in [1.82, 2.24) is 4.98 Å². The summed E-state index contributed by atoms with van der Waals surface area (Å²) in [7, 11) is 0. The van der Waals surface area contributed by atoms with Crippen molar-refractivity contribution >= 4 is 18.1 Å². The summed E-state index contributed by atoms with van der Waals surface area (Å²) in [6.07, 6.45) is 1.33. The number of nitrogens with zero attached hydrogens (tertiary/aromatic N) is 2. The second-order valence-corrected chi connectivity index (χ2v) is 1.94. The van der Waals surface area contributed by atoms with E-state index in [1.807, 2.05) is 34.6 Å². The van der Waals surface area contributed by atoms with E-state index in [1.54, 1.807) is 0 Å². The van der Waals surface area contributed by atoms with Crippen molar-refractivity contribution in [2.75, 3.05) is 0 Å². The first-order valence-corrected chi connectivity index (χ1v) is 4.82. The van der Waals surface area contributed by atoms with Gasteiger partial charge in [-0.15, -0.1) is 0 Å². The average Bonchev–Trinajstić information content (AvgIpc) is 2.71. The maximum atomic E-state index is 4.97. The van der Waals surface area contributed by atoms with Crippen molar-refractivity contribution in [3.05, 3.63) is 18.7 Å². The summed E-state index contributed by atoms with van der Waals surface area (Å²) in [5, 5.41) is 0. The van der Waals surface area contributed by atoms with Gasteiger partial charge >= 0.3 is 0 Å². The topological polar surface area (TPSA) is 38.4 Å². The lowest BCUT2D eigenvalue weighted by Crippen LogP contribution is -1.71. The fraction of sp³-hybridized carbons (Fsp3) is 0.455. The van der Waals surface area contributed by atoms with E-state index in [-0.39, 0.29) is 0 Å². The molecule has 0 saturated carbocycles. The molecule has 0 aliphatic heterocycles. The Bertz CT molecular complexity index is 264. The van der Waals surface area contributed by atoms with Crippen LogP contribution in [0.5, 0.6) is 0 Å². The molecule has 0 spiro atoms. The van der Waals surface area contributed by atoms with Crippen molar-refractivity contribution in [3.63, 3.8) is 0 Å². The highest BCUT2D eigenvalue weighted by Crippen LogP contribution is 2.22. The molecule has 3 nitrogen and oxygen atoms in total. The molecule has 1 rings (SSSR count). The summed E-state index contributed by atoms with van der Waals surface area (Å²) in [5.41, 5.74) is 0.805. The third-order valence-corrected chi connectivity index (χ3v) is 1.09. The smallest absolute Gasteiger partial charge is 0.198 e. The fourth-order valence-electron chi connectivity index (χ4n) is 0.644. The zero-order chi connectivity index (χ0) is 11.6. The summed E-state index contributed by atoms with van der Waals surface area (Å²) in [5.74, 6) is 1.11. The Balaban J connectivity index is 0. The molecule has 0 fully saturated rings. The van der Waals surface area contributed by atoms with Crippen molar-refractivity contribution in [1.29, 1.82) is 0 Å². The van der Waals surface area contributed by atoms with Crippen molar-refractivity contribution in [3.8, 4) is 0 Å². The molecule has 3 heteroatoms. The van der Waals surface area contributed by atoms with E-state index in [4.69, 9.17) is 4.42 Å². The van der Waals surface area contributed by atoms with Crippen LogP contribution in [0.1, 0.15) is 40.4 Å². The van der Waals surface area contributed by atoms with Gasteiger partial charge in [0.1, 0.15) is 0 Å². The van der Waals surface area contributed by atoms with Gasteiger partial charge in [0.05, 0.1) is 0 Å². The normalized spacial score (nSPS) is 7.50. The minimum atomic E-state index is 0.507. The van der Waals surface area contributed by atoms with Crippen LogP contribution in [0.3, 0.4) is 0 Å². The average molecular weight is 196 g/mol. The molecule has 14 heavy (non-hydrogen) atoms. The first-order chi connectivity index (χ1) is 6.75. The molecule has 0 amide bonds. The Hall–Kier alpha value is -1.38. The highest BCUT2D eigenvalue weighted by molar-refractivity contribution is 5.65. The summed E-state index contributed by atoms with van der Waals surface area (Å²) >= 11 is 0. The molecule has 80 valence electrons. The van der Waals surface area contributed by atoms with Gasteiger partial charge in [-0.3, -0.25) is 0 Å². The highest BCUT2D eigenvalue weighted by atomic mass is 16.3. The zero-order valence-electron chi connectivity index (χ0n) is 9.79. The third kappa shape index (κ3) is 4.60. The molecule has 0 bridgehead atoms. The van der Waals surface area contributed by atoms with Gasteiger partial charge < -0.3 is 4.42 Å². The predicted molar refractivity (Wildman–Crippen MR) is 63.1 cm³/mol. The van der Waals surface area contributed by atoms with E-state index < -0.39 is 0 Å². The highest BCUT2D eigenvalue weighted by Gasteiger charge is 2.04. The van der Waals surface area contributed by atoms with Crippen LogP contribution in [0.15, 0.2) is 22.4 Å². The van der Waals surface area contributed by atoms with Crippen molar-refractivity contribution < 1.29 is 4.42 Å². The third-order valence-electron chi connectivity index (χ3n) is 1.09. The van der Waals surface area contributed by atoms with Gasteiger partial charge in [0, 0.05) is 0 Å². The second-order valence-electron chi connectivity index (χ2n) is 1.94. The van der Waals surface area contributed by atoms with Crippen LogP contribution in [-0.2, 0) is 0 Å². The molecule has 1 heterocycles. The van der Waals surface area contributed by atoms with Gasteiger partial charge in [0.25, 0.3) is 0 Å². The van der Waals surface area contributed by atoms with E-state index in [2.05, 4.69) is 23.3 Å². The Labute approximate surface area is 86.6 Å². The van der Waals surface area contributed by atoms with E-state index in [9.17, 15) is 0 Å². The van der Waals surface area contributed by atoms with Crippen LogP contribution in [0, 0.1) is 0 Å². The lowest BCUT2D eigenvalue weighted by atomic mass is 10.3. The lowest BCUT2D eigenvalue weighted by Gasteiger charge is -1.90. The van der Waals surface area contributed by atoms with E-state index >= 15 is 0 Å². The van der Waals surface area contributed by atoms with Crippen molar-refractivity contribution in [2.24, 2.45) is 4.99 Å². The molecule has 0 aliphatic carbocycles. The van der Waals surface area contributed by atoms with Gasteiger partial charge in [0.2, 0.25) is 0 Å². The van der Waals surface area contributed by atoms with Gasteiger partial charge in [-0.05, 0) is 19.2 Å². The molecule has 0 aliphatic rings. The van der Waals surface area contributed by atoms with Crippen LogP contribution in [0.25, 0.3) is 5.57 Å². The standard InChI is InChI=1S/C7H8N2O.2C2H6/c1-5(2)6-7(8-3)9-4-10-6;2*1-2/h4H,1,3H2,2H3;2*1-2H3. The summed E-state index contributed by atoms with van der Waals surface area (Å²) in [6, 6.07) is 0. The Morgan fingerprint density at radius 1 is 1.36 bits per heavy atom. The largest absolute Gasteiger partial charge is 0.441 e. The molecule has 0 radical (unpaired) electrons. The lowest BCUT2D eigenvalue weighted by molar-refractivity contribution is 0.545. The summed E-state index contributed by atoms with van der Waals surface area (Å²) < 4.78 is 4.97. The molecule has 0 unspecified atom stereocenters. The first kappa shape index (κ1) is 15.1. The molecule has 0 saturated heterocycles. The molecule has 0 N–H and O–H groups in total. The van der Waals surface area contributed by atoms with E-state index in [1.165, 1.54) is 6.39 Å². The second kappa shape index (κ2) is 9.71. The molecular weight excluding hydrogens is 176 g/mol. The molecule has 1 aromatic rings. The summed E-state index contributed by atoms with van der Waals surface area (Å²) in [4.78, 5) is 7.44.